The van der Waals surface area contributed by atoms with Gasteiger partial charge in [-0.2, -0.15) is 0 Å². The van der Waals surface area contributed by atoms with Crippen molar-refractivity contribution in [2.24, 2.45) is 0 Å². The summed E-state index contributed by atoms with van der Waals surface area (Å²) >= 11 is 3.67. The summed E-state index contributed by atoms with van der Waals surface area (Å²) in [6, 6.07) is 8.05. The molecule has 1 aromatic heterocycles. The van der Waals surface area contributed by atoms with E-state index in [1.54, 1.807) is 0 Å². The summed E-state index contributed by atoms with van der Waals surface area (Å²) < 4.78 is 0. The fourth-order valence-corrected chi connectivity index (χ4v) is 2.81. The van der Waals surface area contributed by atoms with Crippen LogP contribution >= 0.6 is 15.9 Å². The molecule has 0 amide bonds. The fourth-order valence-electron chi connectivity index (χ4n) is 2.19. The molecule has 2 aromatic rings. The number of nitrogens with zero attached hydrogens (tertiary/aromatic N) is 2. The molecule has 0 aliphatic heterocycles. The van der Waals surface area contributed by atoms with Gasteiger partial charge in [0.05, 0.1) is 22.4 Å². The van der Waals surface area contributed by atoms with E-state index in [9.17, 15) is 0 Å². The minimum atomic E-state index is 0.418. The summed E-state index contributed by atoms with van der Waals surface area (Å²) in [5.74, 6) is 0.423. The summed E-state index contributed by atoms with van der Waals surface area (Å²) in [7, 11) is 0. The van der Waals surface area contributed by atoms with Gasteiger partial charge < -0.3 is 0 Å². The molecule has 0 fully saturated rings. The zero-order valence-corrected chi connectivity index (χ0v) is 12.0. The van der Waals surface area contributed by atoms with Crippen molar-refractivity contribution in [1.29, 1.82) is 0 Å². The predicted molar refractivity (Wildman–Crippen MR) is 75.7 cm³/mol. The molecule has 2 atom stereocenters. The standard InChI is InChI=1S/C14H17BrN2/c1-4-11(9(2)15)14-10(3)16-12-7-5-6-8-13(12)17-14/h5-9,11H,4H2,1-3H3. The lowest BCUT2D eigenvalue weighted by Crippen LogP contribution is -2.12. The van der Waals surface area contributed by atoms with Crippen molar-refractivity contribution in [2.75, 3.05) is 0 Å². The highest BCUT2D eigenvalue weighted by Gasteiger charge is 2.19. The molecule has 0 aliphatic rings. The number of para-hydroxylation sites is 2. The third kappa shape index (κ3) is 2.49. The Kier molecular flexibility index (Phi) is 3.77. The van der Waals surface area contributed by atoms with Crippen LogP contribution < -0.4 is 0 Å². The third-order valence-electron chi connectivity index (χ3n) is 3.13. The molecule has 2 nitrogen and oxygen atoms in total. The van der Waals surface area contributed by atoms with E-state index < -0.39 is 0 Å². The van der Waals surface area contributed by atoms with Crippen LogP contribution in [0, 0.1) is 6.92 Å². The molecule has 0 N–H and O–H groups in total. The Morgan fingerprint density at radius 2 is 1.76 bits per heavy atom. The molecule has 2 unspecified atom stereocenters. The number of halogens is 1. The number of alkyl halides is 1. The van der Waals surface area contributed by atoms with Gasteiger partial charge in [-0.1, -0.05) is 41.9 Å². The number of hydrogen-bond acceptors (Lipinski definition) is 2. The molecule has 0 spiro atoms. The minimum absolute atomic E-state index is 0.418. The van der Waals surface area contributed by atoms with Crippen molar-refractivity contribution >= 4 is 27.0 Å². The van der Waals surface area contributed by atoms with Gasteiger partial charge in [0.2, 0.25) is 0 Å². The van der Waals surface area contributed by atoms with Crippen LogP contribution in [0.3, 0.4) is 0 Å². The fraction of sp³-hybridized carbons (Fsp3) is 0.429. The molecule has 1 aromatic carbocycles. The van der Waals surface area contributed by atoms with Gasteiger partial charge in [-0.3, -0.25) is 0 Å². The predicted octanol–water partition coefficient (Wildman–Crippen LogP) is 4.22. The van der Waals surface area contributed by atoms with Crippen LogP contribution in [-0.2, 0) is 0 Å². The quantitative estimate of drug-likeness (QED) is 0.792. The molecular formula is C14H17BrN2. The second kappa shape index (κ2) is 5.13. The van der Waals surface area contributed by atoms with Gasteiger partial charge in [-0.05, 0) is 25.5 Å². The maximum absolute atomic E-state index is 4.77. The van der Waals surface area contributed by atoms with E-state index in [0.717, 1.165) is 28.8 Å². The average molecular weight is 293 g/mol. The van der Waals surface area contributed by atoms with Crippen LogP contribution in [0.25, 0.3) is 11.0 Å². The number of aryl methyl sites for hydroxylation is 1. The topological polar surface area (TPSA) is 25.8 Å². The molecule has 1 heterocycles. The molecule has 0 saturated carbocycles. The smallest absolute Gasteiger partial charge is 0.0890 e. The Morgan fingerprint density at radius 1 is 1.18 bits per heavy atom. The van der Waals surface area contributed by atoms with Crippen molar-refractivity contribution in [3.8, 4) is 0 Å². The molecule has 0 saturated heterocycles. The van der Waals surface area contributed by atoms with Crippen LogP contribution in [0.15, 0.2) is 24.3 Å². The van der Waals surface area contributed by atoms with Crippen LogP contribution in [0.1, 0.15) is 37.6 Å². The first kappa shape index (κ1) is 12.5. The first-order valence-electron chi connectivity index (χ1n) is 6.00. The maximum Gasteiger partial charge on any atom is 0.0890 e. The van der Waals surface area contributed by atoms with Crippen molar-refractivity contribution in [3.05, 3.63) is 35.7 Å². The van der Waals surface area contributed by atoms with Gasteiger partial charge in [-0.25, -0.2) is 9.97 Å². The van der Waals surface area contributed by atoms with E-state index in [-0.39, 0.29) is 0 Å². The number of hydrogen-bond donors (Lipinski definition) is 0. The minimum Gasteiger partial charge on any atom is -0.250 e. The molecular weight excluding hydrogens is 276 g/mol. The monoisotopic (exact) mass is 292 g/mol. The highest BCUT2D eigenvalue weighted by molar-refractivity contribution is 9.09. The molecule has 0 bridgehead atoms. The zero-order valence-electron chi connectivity index (χ0n) is 10.4. The van der Waals surface area contributed by atoms with Gasteiger partial charge >= 0.3 is 0 Å². The summed E-state index contributed by atoms with van der Waals surface area (Å²) in [6.07, 6.45) is 1.07. The van der Waals surface area contributed by atoms with Gasteiger partial charge in [0.15, 0.2) is 0 Å². The maximum atomic E-state index is 4.77. The molecule has 2 rings (SSSR count). The van der Waals surface area contributed by atoms with E-state index in [1.807, 2.05) is 31.2 Å². The van der Waals surface area contributed by atoms with E-state index in [2.05, 4.69) is 34.8 Å². The van der Waals surface area contributed by atoms with Crippen molar-refractivity contribution < 1.29 is 0 Å². The normalized spacial score (nSPS) is 14.8. The number of rotatable bonds is 3. The zero-order chi connectivity index (χ0) is 12.4. The Labute approximate surface area is 111 Å². The Hall–Kier alpha value is -0.960. The summed E-state index contributed by atoms with van der Waals surface area (Å²) in [5, 5.41) is 0. The van der Waals surface area contributed by atoms with Crippen LogP contribution in [-0.4, -0.2) is 14.8 Å². The van der Waals surface area contributed by atoms with Gasteiger partial charge in [-0.15, -0.1) is 0 Å². The van der Waals surface area contributed by atoms with Gasteiger partial charge in [0.25, 0.3) is 0 Å². The molecule has 90 valence electrons. The summed E-state index contributed by atoms with van der Waals surface area (Å²) in [4.78, 5) is 9.84. The highest BCUT2D eigenvalue weighted by atomic mass is 79.9. The third-order valence-corrected chi connectivity index (χ3v) is 3.77. The van der Waals surface area contributed by atoms with Crippen molar-refractivity contribution in [1.82, 2.24) is 9.97 Å². The first-order valence-corrected chi connectivity index (χ1v) is 6.92. The largest absolute Gasteiger partial charge is 0.250 e. The van der Waals surface area contributed by atoms with Crippen LogP contribution in [0.2, 0.25) is 0 Å². The van der Waals surface area contributed by atoms with E-state index in [1.165, 1.54) is 0 Å². The lowest BCUT2D eigenvalue weighted by Gasteiger charge is -2.19. The van der Waals surface area contributed by atoms with Crippen molar-refractivity contribution in [2.45, 2.75) is 37.9 Å². The van der Waals surface area contributed by atoms with Gasteiger partial charge in [0, 0.05) is 10.7 Å². The number of fused-ring (bicyclic) bond motifs is 1. The lowest BCUT2D eigenvalue weighted by atomic mass is 9.97. The Bertz CT molecular complexity index is 523. The SMILES string of the molecule is CCC(c1nc2ccccc2nc1C)C(C)Br. The highest BCUT2D eigenvalue weighted by Crippen LogP contribution is 2.29. The van der Waals surface area contributed by atoms with E-state index >= 15 is 0 Å². The van der Waals surface area contributed by atoms with E-state index in [4.69, 9.17) is 4.98 Å². The second-order valence-corrected chi connectivity index (χ2v) is 5.82. The summed E-state index contributed by atoms with van der Waals surface area (Å²) in [5.41, 5.74) is 4.13. The lowest BCUT2D eigenvalue weighted by molar-refractivity contribution is 0.637. The molecule has 3 heteroatoms. The molecule has 0 radical (unpaired) electrons. The van der Waals surface area contributed by atoms with Crippen molar-refractivity contribution in [3.63, 3.8) is 0 Å². The molecule has 17 heavy (non-hydrogen) atoms. The number of aromatic nitrogens is 2. The van der Waals surface area contributed by atoms with Gasteiger partial charge in [0.1, 0.15) is 0 Å². The Balaban J connectivity index is 2.57. The second-order valence-electron chi connectivity index (χ2n) is 4.38. The Morgan fingerprint density at radius 3 is 2.29 bits per heavy atom. The average Bonchev–Trinajstić information content (AvgIpc) is 2.30. The van der Waals surface area contributed by atoms with Crippen LogP contribution in [0.4, 0.5) is 0 Å². The van der Waals surface area contributed by atoms with Crippen LogP contribution in [0.5, 0.6) is 0 Å². The first-order chi connectivity index (χ1) is 8.13. The molecule has 0 aliphatic carbocycles. The number of benzene rings is 1. The van der Waals surface area contributed by atoms with E-state index in [0.29, 0.717) is 10.7 Å². The summed E-state index contributed by atoms with van der Waals surface area (Å²) in [6.45, 7) is 6.41.